The minimum absolute atomic E-state index is 0.169. The fourth-order valence-corrected chi connectivity index (χ4v) is 6.26. The molecule has 4 rings (SSSR count). The second kappa shape index (κ2) is 6.89. The molecule has 0 fully saturated rings. The zero-order valence-corrected chi connectivity index (χ0v) is 14.6. The summed E-state index contributed by atoms with van der Waals surface area (Å²) in [6.07, 6.45) is 3.45. The number of aryl methyl sites for hydroxylation is 1. The van der Waals surface area contributed by atoms with Gasteiger partial charge in [0.05, 0.1) is 0 Å². The van der Waals surface area contributed by atoms with Gasteiger partial charge in [-0.25, -0.2) is 0 Å². The summed E-state index contributed by atoms with van der Waals surface area (Å²) in [5, 5.41) is 4.22. The normalized spacial score (nSPS) is 16.8. The number of nitrogens with two attached hydrogens (primary N) is 1. The lowest BCUT2D eigenvalue weighted by molar-refractivity contribution is 0.573. The van der Waals surface area contributed by atoms with E-state index in [1.165, 1.54) is 33.5 Å². The van der Waals surface area contributed by atoms with Crippen LogP contribution in [0, 0.1) is 0 Å². The van der Waals surface area contributed by atoms with Crippen LogP contribution in [-0.4, -0.2) is 0 Å². The van der Waals surface area contributed by atoms with E-state index < -0.39 is 7.92 Å². The molecule has 120 valence electrons. The number of hydrogen-bond donors (Lipinski definition) is 1. The summed E-state index contributed by atoms with van der Waals surface area (Å²) in [6.45, 7) is 0. The first kappa shape index (κ1) is 15.6. The van der Waals surface area contributed by atoms with Gasteiger partial charge in [0.1, 0.15) is 0 Å². The van der Waals surface area contributed by atoms with Crippen LogP contribution in [0.4, 0.5) is 0 Å². The number of rotatable bonds is 3. The Morgan fingerprint density at radius 3 is 2.00 bits per heavy atom. The average Bonchev–Trinajstić information content (AvgIpc) is 2.64. The Morgan fingerprint density at radius 1 is 0.750 bits per heavy atom. The molecule has 1 atom stereocenters. The fraction of sp³-hybridized carbons (Fsp3) is 0.182. The second-order valence-electron chi connectivity index (χ2n) is 6.36. The van der Waals surface area contributed by atoms with E-state index in [9.17, 15) is 0 Å². The second-order valence-corrected chi connectivity index (χ2v) is 8.54. The molecule has 0 saturated carbocycles. The average molecular weight is 331 g/mol. The Bertz CT molecular complexity index is 774. The van der Waals surface area contributed by atoms with Gasteiger partial charge in [-0.3, -0.25) is 0 Å². The van der Waals surface area contributed by atoms with Crippen LogP contribution in [0.25, 0.3) is 0 Å². The van der Waals surface area contributed by atoms with Crippen LogP contribution < -0.4 is 21.6 Å². The summed E-state index contributed by atoms with van der Waals surface area (Å²) in [5.74, 6) is 0. The van der Waals surface area contributed by atoms with Crippen molar-refractivity contribution in [2.24, 2.45) is 5.73 Å². The van der Waals surface area contributed by atoms with Crippen molar-refractivity contribution >= 4 is 23.8 Å². The highest BCUT2D eigenvalue weighted by molar-refractivity contribution is 7.79. The van der Waals surface area contributed by atoms with Gasteiger partial charge in [-0.1, -0.05) is 78.9 Å². The van der Waals surface area contributed by atoms with Crippen LogP contribution in [0.1, 0.15) is 30.0 Å². The van der Waals surface area contributed by atoms with Crippen LogP contribution in [-0.2, 0) is 6.42 Å². The molecule has 0 saturated heterocycles. The van der Waals surface area contributed by atoms with Gasteiger partial charge < -0.3 is 5.73 Å². The van der Waals surface area contributed by atoms with E-state index >= 15 is 0 Å². The summed E-state index contributed by atoms with van der Waals surface area (Å²) in [7, 11) is -0.567. The highest BCUT2D eigenvalue weighted by atomic mass is 31.1. The molecule has 2 N–H and O–H groups in total. The van der Waals surface area contributed by atoms with Gasteiger partial charge in [-0.2, -0.15) is 0 Å². The molecule has 0 amide bonds. The Labute approximate surface area is 145 Å². The lowest BCUT2D eigenvalue weighted by atomic mass is 9.88. The van der Waals surface area contributed by atoms with E-state index in [4.69, 9.17) is 5.73 Å². The molecular formula is C22H22NP. The molecule has 0 radical (unpaired) electrons. The molecule has 0 spiro atoms. The molecule has 0 unspecified atom stereocenters. The highest BCUT2D eigenvalue weighted by Gasteiger charge is 2.25. The molecule has 1 nitrogen and oxygen atoms in total. The molecule has 0 heterocycles. The highest BCUT2D eigenvalue weighted by Crippen LogP contribution is 2.38. The molecule has 0 aliphatic heterocycles. The van der Waals surface area contributed by atoms with Gasteiger partial charge in [0.25, 0.3) is 0 Å². The third-order valence-electron chi connectivity index (χ3n) is 4.78. The lowest BCUT2D eigenvalue weighted by Crippen LogP contribution is -2.30. The third kappa shape index (κ3) is 2.90. The van der Waals surface area contributed by atoms with Crippen LogP contribution in [0.15, 0.2) is 78.9 Å². The molecule has 2 heteroatoms. The van der Waals surface area contributed by atoms with Crippen molar-refractivity contribution in [1.82, 2.24) is 0 Å². The van der Waals surface area contributed by atoms with Crippen molar-refractivity contribution < 1.29 is 0 Å². The lowest BCUT2D eigenvalue weighted by Gasteiger charge is -2.29. The number of hydrogen-bond acceptors (Lipinski definition) is 1. The van der Waals surface area contributed by atoms with E-state index in [-0.39, 0.29) is 6.04 Å². The summed E-state index contributed by atoms with van der Waals surface area (Å²) in [6, 6.07) is 28.7. The summed E-state index contributed by atoms with van der Waals surface area (Å²) >= 11 is 0. The van der Waals surface area contributed by atoms with E-state index in [0.29, 0.717) is 0 Å². The summed E-state index contributed by atoms with van der Waals surface area (Å²) in [5.41, 5.74) is 9.41. The van der Waals surface area contributed by atoms with Crippen LogP contribution in [0.3, 0.4) is 0 Å². The number of fused-ring (bicyclic) bond motifs is 1. The van der Waals surface area contributed by atoms with Crippen LogP contribution >= 0.6 is 7.92 Å². The first-order valence-corrected chi connectivity index (χ1v) is 9.96. The molecule has 3 aromatic carbocycles. The van der Waals surface area contributed by atoms with Gasteiger partial charge >= 0.3 is 0 Å². The minimum Gasteiger partial charge on any atom is -0.324 e. The van der Waals surface area contributed by atoms with Crippen molar-refractivity contribution in [1.29, 1.82) is 0 Å². The zero-order chi connectivity index (χ0) is 16.4. The number of benzene rings is 3. The Kier molecular flexibility index (Phi) is 4.47. The van der Waals surface area contributed by atoms with E-state index in [1.807, 2.05) is 0 Å². The van der Waals surface area contributed by atoms with Crippen molar-refractivity contribution in [2.75, 3.05) is 0 Å². The SMILES string of the molecule is N[C@@H]1CCCc2cccc(P(c3ccccc3)c3ccccc3)c21. The molecule has 0 bridgehead atoms. The standard InChI is InChI=1S/C22H22NP/c23-20-15-7-9-17-10-8-16-21(22(17)20)24(18-11-3-1-4-12-18)19-13-5-2-6-14-19/h1-6,8,10-14,16,20H,7,9,15,23H2/t20-/m1/s1. The van der Waals surface area contributed by atoms with Crippen molar-refractivity contribution in [3.63, 3.8) is 0 Å². The first-order chi connectivity index (χ1) is 11.8. The quantitative estimate of drug-likeness (QED) is 0.726. The predicted octanol–water partition coefficient (Wildman–Crippen LogP) is 3.78. The van der Waals surface area contributed by atoms with Crippen molar-refractivity contribution in [2.45, 2.75) is 25.3 Å². The molecular weight excluding hydrogens is 309 g/mol. The monoisotopic (exact) mass is 331 g/mol. The van der Waals surface area contributed by atoms with Crippen LogP contribution in [0.2, 0.25) is 0 Å². The maximum absolute atomic E-state index is 6.55. The summed E-state index contributed by atoms with van der Waals surface area (Å²) in [4.78, 5) is 0. The van der Waals surface area contributed by atoms with Gasteiger partial charge in [-0.05, 0) is 54.2 Å². The zero-order valence-electron chi connectivity index (χ0n) is 13.7. The fourth-order valence-electron chi connectivity index (χ4n) is 3.68. The Hall–Kier alpha value is -1.95. The maximum Gasteiger partial charge on any atom is 0.0304 e. The van der Waals surface area contributed by atoms with Crippen molar-refractivity contribution in [3.05, 3.63) is 90.0 Å². The van der Waals surface area contributed by atoms with E-state index in [2.05, 4.69) is 78.9 Å². The van der Waals surface area contributed by atoms with Gasteiger partial charge in [0.2, 0.25) is 0 Å². The van der Waals surface area contributed by atoms with E-state index in [1.54, 1.807) is 0 Å². The third-order valence-corrected chi connectivity index (χ3v) is 7.28. The Balaban J connectivity index is 1.93. The van der Waals surface area contributed by atoms with E-state index in [0.717, 1.165) is 12.8 Å². The van der Waals surface area contributed by atoms with Gasteiger partial charge in [0.15, 0.2) is 0 Å². The topological polar surface area (TPSA) is 26.0 Å². The van der Waals surface area contributed by atoms with Gasteiger partial charge in [0, 0.05) is 6.04 Å². The van der Waals surface area contributed by atoms with Gasteiger partial charge in [-0.15, -0.1) is 0 Å². The minimum atomic E-state index is -0.567. The Morgan fingerprint density at radius 2 is 1.38 bits per heavy atom. The molecule has 1 aliphatic carbocycles. The smallest absolute Gasteiger partial charge is 0.0304 e. The van der Waals surface area contributed by atoms with Crippen LogP contribution in [0.5, 0.6) is 0 Å². The van der Waals surface area contributed by atoms with Crippen molar-refractivity contribution in [3.8, 4) is 0 Å². The first-order valence-electron chi connectivity index (χ1n) is 8.62. The predicted molar refractivity (Wildman–Crippen MR) is 105 cm³/mol. The summed E-state index contributed by atoms with van der Waals surface area (Å²) < 4.78 is 0. The maximum atomic E-state index is 6.55. The molecule has 0 aromatic heterocycles. The largest absolute Gasteiger partial charge is 0.324 e. The molecule has 1 aliphatic rings. The molecule has 24 heavy (non-hydrogen) atoms. The molecule has 3 aromatic rings.